The first-order chi connectivity index (χ1) is 18.4. The molecule has 3 aromatic rings. The van der Waals surface area contributed by atoms with Crippen molar-refractivity contribution in [1.82, 2.24) is 5.32 Å². The molecule has 0 spiro atoms. The number of nitrogens with two attached hydrogens (primary N) is 1. The SMILES string of the molecule is CS(=O)(=O)O.Cc1cc(-c2ccc(C(=O)NCC(C)(C)C)cc2C(=O)O)c(C(=O)Nc2ccc(C(=N)N)cc2)s1. The van der Waals surface area contributed by atoms with Gasteiger partial charge in [-0.05, 0) is 60.4 Å². The molecule has 7 N–H and O–H groups in total. The molecule has 214 valence electrons. The minimum Gasteiger partial charge on any atom is -0.478 e. The fourth-order valence-electron chi connectivity index (χ4n) is 3.35. The number of rotatable bonds is 7. The summed E-state index contributed by atoms with van der Waals surface area (Å²) in [4.78, 5) is 39.0. The maximum absolute atomic E-state index is 13.1. The highest BCUT2D eigenvalue weighted by molar-refractivity contribution is 7.85. The van der Waals surface area contributed by atoms with Gasteiger partial charge in [0.1, 0.15) is 10.7 Å². The predicted octanol–water partition coefficient (Wildman–Crippen LogP) is 4.24. The van der Waals surface area contributed by atoms with Crippen LogP contribution in [0.15, 0.2) is 48.5 Å². The van der Waals surface area contributed by atoms with E-state index in [2.05, 4.69) is 10.6 Å². The highest BCUT2D eigenvalue weighted by Gasteiger charge is 2.23. The highest BCUT2D eigenvalue weighted by Crippen LogP contribution is 2.35. The Bertz CT molecular complexity index is 1530. The molecule has 0 saturated carbocycles. The van der Waals surface area contributed by atoms with E-state index in [0.29, 0.717) is 40.1 Å². The molecule has 11 nitrogen and oxygen atoms in total. The number of carbonyl (C=O) groups is 3. The summed E-state index contributed by atoms with van der Waals surface area (Å²) >= 11 is 1.25. The van der Waals surface area contributed by atoms with Crippen LogP contribution in [0, 0.1) is 17.7 Å². The van der Waals surface area contributed by atoms with E-state index in [-0.39, 0.29) is 28.3 Å². The predicted molar refractivity (Wildman–Crippen MR) is 156 cm³/mol. The van der Waals surface area contributed by atoms with Crippen LogP contribution in [0.2, 0.25) is 0 Å². The van der Waals surface area contributed by atoms with Crippen molar-refractivity contribution in [2.75, 3.05) is 18.1 Å². The van der Waals surface area contributed by atoms with Gasteiger partial charge < -0.3 is 21.5 Å². The van der Waals surface area contributed by atoms with Crippen LogP contribution in [0.1, 0.15) is 61.6 Å². The van der Waals surface area contributed by atoms with Gasteiger partial charge in [-0.2, -0.15) is 8.42 Å². The number of aromatic carboxylic acids is 1. The van der Waals surface area contributed by atoms with Gasteiger partial charge in [0, 0.05) is 33.8 Å². The van der Waals surface area contributed by atoms with E-state index in [1.54, 1.807) is 42.5 Å². The van der Waals surface area contributed by atoms with Gasteiger partial charge in [-0.25, -0.2) is 4.79 Å². The van der Waals surface area contributed by atoms with Gasteiger partial charge in [0.2, 0.25) is 0 Å². The number of aryl methyl sites for hydroxylation is 1. The number of amidine groups is 1. The average Bonchev–Trinajstić information content (AvgIpc) is 3.22. The molecule has 0 atom stereocenters. The van der Waals surface area contributed by atoms with Crippen molar-refractivity contribution in [2.45, 2.75) is 27.7 Å². The van der Waals surface area contributed by atoms with Gasteiger partial charge in [0.15, 0.2) is 0 Å². The first-order valence-electron chi connectivity index (χ1n) is 11.8. The molecule has 0 fully saturated rings. The fraction of sp³-hybridized carbons (Fsp3) is 0.259. The Kier molecular flexibility index (Phi) is 10.3. The summed E-state index contributed by atoms with van der Waals surface area (Å²) in [6.07, 6.45) is 0.715. The lowest BCUT2D eigenvalue weighted by Gasteiger charge is -2.19. The zero-order valence-corrected chi connectivity index (χ0v) is 24.3. The van der Waals surface area contributed by atoms with E-state index in [9.17, 15) is 27.9 Å². The van der Waals surface area contributed by atoms with E-state index in [1.807, 2.05) is 27.7 Å². The molecule has 0 aliphatic rings. The van der Waals surface area contributed by atoms with Crippen molar-refractivity contribution in [2.24, 2.45) is 11.1 Å². The molecule has 0 radical (unpaired) electrons. The summed E-state index contributed by atoms with van der Waals surface area (Å²) < 4.78 is 25.9. The van der Waals surface area contributed by atoms with E-state index in [0.717, 1.165) is 4.88 Å². The molecule has 13 heteroatoms. The maximum atomic E-state index is 13.1. The topological polar surface area (TPSA) is 200 Å². The van der Waals surface area contributed by atoms with Crippen molar-refractivity contribution in [1.29, 1.82) is 5.41 Å². The van der Waals surface area contributed by atoms with E-state index in [1.165, 1.54) is 17.4 Å². The third kappa shape index (κ3) is 9.91. The van der Waals surface area contributed by atoms with E-state index >= 15 is 0 Å². The Hall–Kier alpha value is -4.07. The third-order valence-corrected chi connectivity index (χ3v) is 6.15. The molecule has 0 aliphatic carbocycles. The lowest BCUT2D eigenvalue weighted by Crippen LogP contribution is -2.32. The number of hydrogen-bond donors (Lipinski definition) is 6. The van der Waals surface area contributed by atoms with Crippen molar-refractivity contribution in [3.8, 4) is 11.1 Å². The van der Waals surface area contributed by atoms with Crippen LogP contribution in [0.5, 0.6) is 0 Å². The van der Waals surface area contributed by atoms with Crippen LogP contribution in [-0.4, -0.2) is 54.5 Å². The summed E-state index contributed by atoms with van der Waals surface area (Å²) in [7, 11) is -3.67. The summed E-state index contributed by atoms with van der Waals surface area (Å²) in [6.45, 7) is 8.24. The zero-order chi connectivity index (χ0) is 30.4. The highest BCUT2D eigenvalue weighted by atomic mass is 32.2. The number of amides is 2. The quantitative estimate of drug-likeness (QED) is 0.134. The molecule has 3 rings (SSSR count). The number of thiophene rings is 1. The van der Waals surface area contributed by atoms with E-state index in [4.69, 9.17) is 15.7 Å². The molecular formula is C27H32N4O7S2. The van der Waals surface area contributed by atoms with Crippen LogP contribution >= 0.6 is 11.3 Å². The first kappa shape index (κ1) is 32.1. The van der Waals surface area contributed by atoms with Gasteiger partial charge >= 0.3 is 5.97 Å². The molecule has 0 saturated heterocycles. The molecule has 2 amide bonds. The Balaban J connectivity index is 0.00000103. The average molecular weight is 589 g/mol. The van der Waals surface area contributed by atoms with Gasteiger partial charge in [0.25, 0.3) is 21.9 Å². The van der Waals surface area contributed by atoms with E-state index < -0.39 is 22.0 Å². The van der Waals surface area contributed by atoms with Crippen LogP contribution < -0.4 is 16.4 Å². The Morgan fingerprint density at radius 2 is 1.52 bits per heavy atom. The second kappa shape index (κ2) is 12.9. The van der Waals surface area contributed by atoms with Crippen LogP contribution in [0.3, 0.4) is 0 Å². The second-order valence-corrected chi connectivity index (χ2v) is 12.8. The number of nitrogens with one attached hydrogen (secondary N) is 3. The summed E-state index contributed by atoms with van der Waals surface area (Å²) in [5.74, 6) is -2.02. The monoisotopic (exact) mass is 588 g/mol. The lowest BCUT2D eigenvalue weighted by atomic mass is 9.95. The Morgan fingerprint density at radius 1 is 0.975 bits per heavy atom. The normalized spacial score (nSPS) is 11.2. The van der Waals surface area contributed by atoms with Crippen molar-refractivity contribution < 1.29 is 32.5 Å². The maximum Gasteiger partial charge on any atom is 0.336 e. The van der Waals surface area contributed by atoms with Gasteiger partial charge in [0.05, 0.1) is 11.8 Å². The smallest absolute Gasteiger partial charge is 0.336 e. The first-order valence-corrected chi connectivity index (χ1v) is 14.5. The molecule has 0 aliphatic heterocycles. The zero-order valence-electron chi connectivity index (χ0n) is 22.7. The number of hydrogen-bond acceptors (Lipinski definition) is 7. The Labute approximate surface area is 236 Å². The molecular weight excluding hydrogens is 556 g/mol. The van der Waals surface area contributed by atoms with Crippen LogP contribution in [0.4, 0.5) is 5.69 Å². The molecule has 1 aromatic heterocycles. The Morgan fingerprint density at radius 3 is 2.02 bits per heavy atom. The second-order valence-electron chi connectivity index (χ2n) is 10.1. The summed E-state index contributed by atoms with van der Waals surface area (Å²) in [6, 6.07) is 12.8. The summed E-state index contributed by atoms with van der Waals surface area (Å²) in [5, 5.41) is 23.0. The lowest BCUT2D eigenvalue weighted by molar-refractivity contribution is 0.0697. The van der Waals surface area contributed by atoms with Crippen LogP contribution in [0.25, 0.3) is 11.1 Å². The largest absolute Gasteiger partial charge is 0.478 e. The van der Waals surface area contributed by atoms with Crippen molar-refractivity contribution in [3.05, 3.63) is 75.0 Å². The number of nitrogen functional groups attached to an aromatic ring is 1. The molecule has 0 bridgehead atoms. The standard InChI is InChI=1S/C26H28N4O4S.CH4O3S/c1-14-11-19(21(35-14)24(32)30-17-8-5-15(6-9-17)22(27)28)18-10-7-16(12-20(18)25(33)34)23(31)29-13-26(2,3)4;1-5(2,3)4/h5-12H,13H2,1-4H3,(H3,27,28)(H,29,31)(H,30,32)(H,33,34);1H3,(H,2,3,4). The van der Waals surface area contributed by atoms with Gasteiger partial charge in [-0.3, -0.25) is 19.6 Å². The number of carboxylic acid groups (broad SMARTS) is 1. The van der Waals surface area contributed by atoms with Crippen molar-refractivity contribution in [3.63, 3.8) is 0 Å². The van der Waals surface area contributed by atoms with Crippen molar-refractivity contribution >= 4 is 50.8 Å². The van der Waals surface area contributed by atoms with Gasteiger partial charge in [-0.15, -0.1) is 11.3 Å². The minimum absolute atomic E-state index is 0.0638. The molecule has 0 unspecified atom stereocenters. The number of carbonyl (C=O) groups excluding carboxylic acids is 2. The summed E-state index contributed by atoms with van der Waals surface area (Å²) in [5.41, 5.74) is 7.41. The van der Waals surface area contributed by atoms with Crippen LogP contribution in [-0.2, 0) is 10.1 Å². The fourth-order valence-corrected chi connectivity index (χ4v) is 4.27. The molecule has 1 heterocycles. The van der Waals surface area contributed by atoms with Gasteiger partial charge in [-0.1, -0.05) is 26.8 Å². The number of anilines is 1. The number of benzene rings is 2. The molecule has 40 heavy (non-hydrogen) atoms. The number of carboxylic acids is 1. The molecule has 2 aromatic carbocycles. The third-order valence-electron chi connectivity index (χ3n) is 5.10. The minimum atomic E-state index is -3.67.